The molecule has 1 amide bonds. The van der Waals surface area contributed by atoms with Gasteiger partial charge in [0, 0.05) is 47.6 Å². The van der Waals surface area contributed by atoms with Crippen molar-refractivity contribution in [2.45, 2.75) is 6.92 Å². The first kappa shape index (κ1) is 19.6. The molecule has 7 nitrogen and oxygen atoms in total. The topological polar surface area (TPSA) is 74.2 Å². The van der Waals surface area contributed by atoms with E-state index in [9.17, 15) is 4.79 Å². The molecular weight excluding hydrogens is 479 g/mol. The largest absolute Gasteiger partial charge is 0.353 e. The van der Waals surface area contributed by atoms with Gasteiger partial charge in [-0.1, -0.05) is 6.07 Å². The van der Waals surface area contributed by atoms with Gasteiger partial charge in [0.1, 0.15) is 23.3 Å². The van der Waals surface area contributed by atoms with Crippen LogP contribution in [0.15, 0.2) is 54.7 Å². The van der Waals surface area contributed by atoms with E-state index in [1.807, 2.05) is 60.4 Å². The summed E-state index contributed by atoms with van der Waals surface area (Å²) in [6.45, 7) is 4.67. The van der Waals surface area contributed by atoms with Gasteiger partial charge in [-0.2, -0.15) is 0 Å². The van der Waals surface area contributed by atoms with Crippen molar-refractivity contribution in [1.29, 1.82) is 0 Å². The first-order chi connectivity index (χ1) is 14.1. The molecule has 0 spiro atoms. The van der Waals surface area contributed by atoms with Crippen molar-refractivity contribution in [2.75, 3.05) is 36.4 Å². The summed E-state index contributed by atoms with van der Waals surface area (Å²) in [7, 11) is 0. The van der Waals surface area contributed by atoms with Crippen LogP contribution in [0.25, 0.3) is 0 Å². The SMILES string of the molecule is Cc1nc(Nc2ccccn2)cc(N2CCN(C(=O)c3ccc(I)cc3)CC2)n1. The second-order valence-corrected chi connectivity index (χ2v) is 8.03. The van der Waals surface area contributed by atoms with Crippen LogP contribution in [0.4, 0.5) is 17.5 Å². The van der Waals surface area contributed by atoms with Crippen LogP contribution in [0, 0.1) is 10.5 Å². The van der Waals surface area contributed by atoms with Crippen molar-refractivity contribution in [3.63, 3.8) is 0 Å². The molecule has 8 heteroatoms. The molecule has 0 unspecified atom stereocenters. The first-order valence-electron chi connectivity index (χ1n) is 9.42. The second kappa shape index (κ2) is 8.73. The van der Waals surface area contributed by atoms with E-state index in [4.69, 9.17) is 0 Å². The Hall–Kier alpha value is -2.75. The summed E-state index contributed by atoms with van der Waals surface area (Å²) in [4.78, 5) is 30.1. The van der Waals surface area contributed by atoms with Crippen LogP contribution in [-0.4, -0.2) is 51.9 Å². The number of piperazine rings is 1. The standard InChI is InChI=1S/C21H21IN6O/c1-15-24-19(26-18-4-2-3-9-23-18)14-20(25-15)27-10-12-28(13-11-27)21(29)16-5-7-17(22)8-6-16/h2-9,14H,10-13H2,1H3,(H,23,24,25,26). The lowest BCUT2D eigenvalue weighted by atomic mass is 10.2. The number of carbonyl (C=O) groups excluding carboxylic acids is 1. The van der Waals surface area contributed by atoms with E-state index < -0.39 is 0 Å². The van der Waals surface area contributed by atoms with E-state index in [1.54, 1.807) is 6.20 Å². The lowest BCUT2D eigenvalue weighted by Crippen LogP contribution is -2.49. The fourth-order valence-electron chi connectivity index (χ4n) is 3.26. The van der Waals surface area contributed by atoms with E-state index in [2.05, 4.69) is 47.8 Å². The average Bonchev–Trinajstić information content (AvgIpc) is 2.74. The number of aromatic nitrogens is 3. The monoisotopic (exact) mass is 500 g/mol. The number of amides is 1. The summed E-state index contributed by atoms with van der Waals surface area (Å²) in [6.07, 6.45) is 1.74. The molecule has 4 rings (SSSR count). The van der Waals surface area contributed by atoms with Gasteiger partial charge in [-0.15, -0.1) is 0 Å². The zero-order valence-electron chi connectivity index (χ0n) is 16.0. The Morgan fingerprint density at radius 3 is 2.45 bits per heavy atom. The molecule has 1 aliphatic heterocycles. The van der Waals surface area contributed by atoms with Crippen LogP contribution in [0.2, 0.25) is 0 Å². The number of benzene rings is 1. The number of hydrogen-bond acceptors (Lipinski definition) is 6. The Bertz CT molecular complexity index is 988. The van der Waals surface area contributed by atoms with Gasteiger partial charge in [0.15, 0.2) is 0 Å². The summed E-state index contributed by atoms with van der Waals surface area (Å²) in [5.41, 5.74) is 0.735. The maximum atomic E-state index is 12.7. The highest BCUT2D eigenvalue weighted by atomic mass is 127. The Morgan fingerprint density at radius 2 is 1.76 bits per heavy atom. The number of nitrogens with zero attached hydrogens (tertiary/aromatic N) is 5. The summed E-state index contributed by atoms with van der Waals surface area (Å²) in [5.74, 6) is 3.08. The minimum absolute atomic E-state index is 0.0809. The molecule has 3 heterocycles. The molecule has 1 saturated heterocycles. The molecule has 3 aromatic rings. The van der Waals surface area contributed by atoms with Gasteiger partial charge in [0.25, 0.3) is 5.91 Å². The fraction of sp³-hybridized carbons (Fsp3) is 0.238. The highest BCUT2D eigenvalue weighted by Crippen LogP contribution is 2.21. The molecule has 0 saturated carbocycles. The quantitative estimate of drug-likeness (QED) is 0.553. The smallest absolute Gasteiger partial charge is 0.253 e. The maximum absolute atomic E-state index is 12.7. The van der Waals surface area contributed by atoms with Crippen molar-refractivity contribution < 1.29 is 4.79 Å². The van der Waals surface area contributed by atoms with Crippen molar-refractivity contribution in [3.8, 4) is 0 Å². The van der Waals surface area contributed by atoms with E-state index in [0.717, 1.165) is 33.9 Å². The zero-order chi connectivity index (χ0) is 20.2. The van der Waals surface area contributed by atoms with E-state index >= 15 is 0 Å². The van der Waals surface area contributed by atoms with Crippen LogP contribution >= 0.6 is 22.6 Å². The molecule has 29 heavy (non-hydrogen) atoms. The molecule has 0 bridgehead atoms. The van der Waals surface area contributed by atoms with Gasteiger partial charge in [0.05, 0.1) is 0 Å². The molecule has 0 aliphatic carbocycles. The van der Waals surface area contributed by atoms with Gasteiger partial charge in [-0.25, -0.2) is 15.0 Å². The van der Waals surface area contributed by atoms with Gasteiger partial charge in [-0.3, -0.25) is 4.79 Å². The normalized spacial score (nSPS) is 14.0. The van der Waals surface area contributed by atoms with Gasteiger partial charge in [-0.05, 0) is 65.9 Å². The predicted octanol–water partition coefficient (Wildman–Crippen LogP) is 3.49. The Labute approximate surface area is 183 Å². The molecule has 0 atom stereocenters. The first-order valence-corrected chi connectivity index (χ1v) is 10.5. The molecular formula is C21H21IN6O. The van der Waals surface area contributed by atoms with Crippen LogP contribution < -0.4 is 10.2 Å². The number of hydrogen-bond donors (Lipinski definition) is 1. The summed E-state index contributed by atoms with van der Waals surface area (Å²) in [5, 5.41) is 3.22. The average molecular weight is 500 g/mol. The van der Waals surface area contributed by atoms with Crippen molar-refractivity contribution >= 4 is 46.0 Å². The highest BCUT2D eigenvalue weighted by Gasteiger charge is 2.23. The number of aryl methyl sites for hydroxylation is 1. The van der Waals surface area contributed by atoms with Crippen LogP contribution in [-0.2, 0) is 0 Å². The third-order valence-corrected chi connectivity index (χ3v) is 5.45. The molecule has 148 valence electrons. The van der Waals surface area contributed by atoms with Gasteiger partial charge < -0.3 is 15.1 Å². The van der Waals surface area contributed by atoms with E-state index in [1.165, 1.54) is 0 Å². The fourth-order valence-corrected chi connectivity index (χ4v) is 3.62. The van der Waals surface area contributed by atoms with Gasteiger partial charge >= 0.3 is 0 Å². The number of carbonyl (C=O) groups is 1. The molecule has 1 fully saturated rings. The number of nitrogens with one attached hydrogen (secondary N) is 1. The third-order valence-electron chi connectivity index (χ3n) is 4.73. The number of halogens is 1. The van der Waals surface area contributed by atoms with Crippen molar-refractivity contribution in [1.82, 2.24) is 19.9 Å². The van der Waals surface area contributed by atoms with E-state index in [-0.39, 0.29) is 5.91 Å². The van der Waals surface area contributed by atoms with Crippen molar-refractivity contribution in [2.24, 2.45) is 0 Å². The number of rotatable bonds is 4. The maximum Gasteiger partial charge on any atom is 0.253 e. The lowest BCUT2D eigenvalue weighted by molar-refractivity contribution is 0.0746. The zero-order valence-corrected chi connectivity index (χ0v) is 18.2. The Balaban J connectivity index is 1.43. The Kier molecular flexibility index (Phi) is 5.89. The van der Waals surface area contributed by atoms with Crippen LogP contribution in [0.5, 0.6) is 0 Å². The third kappa shape index (κ3) is 4.81. The lowest BCUT2D eigenvalue weighted by Gasteiger charge is -2.35. The molecule has 1 N–H and O–H groups in total. The summed E-state index contributed by atoms with van der Waals surface area (Å²) >= 11 is 2.24. The number of pyridine rings is 1. The van der Waals surface area contributed by atoms with E-state index in [0.29, 0.717) is 24.7 Å². The minimum Gasteiger partial charge on any atom is -0.353 e. The second-order valence-electron chi connectivity index (χ2n) is 6.78. The van der Waals surface area contributed by atoms with Crippen molar-refractivity contribution in [3.05, 3.63) is 69.7 Å². The molecule has 1 aliphatic rings. The van der Waals surface area contributed by atoms with Crippen LogP contribution in [0.3, 0.4) is 0 Å². The highest BCUT2D eigenvalue weighted by molar-refractivity contribution is 14.1. The Morgan fingerprint density at radius 1 is 1.00 bits per heavy atom. The minimum atomic E-state index is 0.0809. The molecule has 2 aromatic heterocycles. The van der Waals surface area contributed by atoms with Gasteiger partial charge in [0.2, 0.25) is 0 Å². The molecule has 0 radical (unpaired) electrons. The number of anilines is 3. The predicted molar refractivity (Wildman–Crippen MR) is 122 cm³/mol. The summed E-state index contributed by atoms with van der Waals surface area (Å²) in [6, 6.07) is 15.3. The molecule has 1 aromatic carbocycles. The van der Waals surface area contributed by atoms with Crippen LogP contribution in [0.1, 0.15) is 16.2 Å². The summed E-state index contributed by atoms with van der Waals surface area (Å²) < 4.78 is 1.12.